The Balaban J connectivity index is 1.68. The molecule has 3 rings (SSSR count). The van der Waals surface area contributed by atoms with Crippen molar-refractivity contribution in [1.29, 1.82) is 0 Å². The molecule has 3 aliphatic carbocycles. The van der Waals surface area contributed by atoms with Gasteiger partial charge >= 0.3 is 0 Å². The Morgan fingerprint density at radius 3 is 2.45 bits per heavy atom. The molecule has 0 bridgehead atoms. The Kier molecular flexibility index (Phi) is 4.42. The summed E-state index contributed by atoms with van der Waals surface area (Å²) in [6.07, 6.45) is 11.3. The Labute approximate surface area is 125 Å². The molecule has 2 heteroatoms. The lowest BCUT2D eigenvalue weighted by atomic mass is 9.72. The number of nitrogens with zero attached hydrogens (tertiary/aromatic N) is 1. The number of hydrogen-bond donors (Lipinski definition) is 1. The summed E-state index contributed by atoms with van der Waals surface area (Å²) in [6.45, 7) is 9.85. The van der Waals surface area contributed by atoms with E-state index in [9.17, 15) is 0 Å². The Bertz CT molecular complexity index is 317. The highest BCUT2D eigenvalue weighted by atomic mass is 15.2. The lowest BCUT2D eigenvalue weighted by Crippen LogP contribution is -2.56. The van der Waals surface area contributed by atoms with Crippen LogP contribution in [-0.4, -0.2) is 36.1 Å². The second kappa shape index (κ2) is 5.96. The van der Waals surface area contributed by atoms with Gasteiger partial charge in [0.2, 0.25) is 0 Å². The van der Waals surface area contributed by atoms with Crippen molar-refractivity contribution in [3.05, 3.63) is 0 Å². The zero-order chi connectivity index (χ0) is 14.2. The molecule has 3 aliphatic rings. The summed E-state index contributed by atoms with van der Waals surface area (Å²) < 4.78 is 0. The predicted molar refractivity (Wildman–Crippen MR) is 86.0 cm³/mol. The van der Waals surface area contributed by atoms with Gasteiger partial charge in [0, 0.05) is 24.7 Å². The van der Waals surface area contributed by atoms with Crippen molar-refractivity contribution in [1.82, 2.24) is 10.2 Å². The van der Waals surface area contributed by atoms with Gasteiger partial charge in [-0.2, -0.15) is 0 Å². The number of nitrogens with one attached hydrogen (secondary N) is 1. The van der Waals surface area contributed by atoms with E-state index >= 15 is 0 Å². The Morgan fingerprint density at radius 2 is 1.85 bits per heavy atom. The molecule has 0 aromatic carbocycles. The second-order valence-electron chi connectivity index (χ2n) is 8.41. The van der Waals surface area contributed by atoms with Crippen molar-refractivity contribution in [3.8, 4) is 0 Å². The molecular weight excluding hydrogens is 244 g/mol. The highest BCUT2D eigenvalue weighted by Crippen LogP contribution is 2.43. The normalized spacial score (nSPS) is 33.6. The number of rotatable bonds is 7. The molecule has 0 amide bonds. The minimum atomic E-state index is 0.547. The molecule has 0 saturated heterocycles. The zero-order valence-electron chi connectivity index (χ0n) is 13.8. The fourth-order valence-electron chi connectivity index (χ4n) is 4.03. The van der Waals surface area contributed by atoms with Gasteiger partial charge in [-0.25, -0.2) is 0 Å². The molecule has 2 atom stereocenters. The van der Waals surface area contributed by atoms with E-state index in [0.29, 0.717) is 5.41 Å². The fraction of sp³-hybridized carbons (Fsp3) is 1.00. The Morgan fingerprint density at radius 1 is 1.10 bits per heavy atom. The van der Waals surface area contributed by atoms with Crippen molar-refractivity contribution in [2.75, 3.05) is 13.1 Å². The highest BCUT2D eigenvalue weighted by Gasteiger charge is 2.44. The van der Waals surface area contributed by atoms with Crippen LogP contribution in [0.4, 0.5) is 0 Å². The summed E-state index contributed by atoms with van der Waals surface area (Å²) in [5.74, 6) is 1.03. The molecule has 3 fully saturated rings. The van der Waals surface area contributed by atoms with E-state index in [-0.39, 0.29) is 0 Å². The summed E-state index contributed by atoms with van der Waals surface area (Å²) in [5, 5.41) is 3.87. The molecule has 0 aromatic heterocycles. The molecule has 20 heavy (non-hydrogen) atoms. The fourth-order valence-corrected chi connectivity index (χ4v) is 4.03. The van der Waals surface area contributed by atoms with Crippen molar-refractivity contribution in [3.63, 3.8) is 0 Å². The highest BCUT2D eigenvalue weighted by molar-refractivity contribution is 5.00. The summed E-state index contributed by atoms with van der Waals surface area (Å²) in [4.78, 5) is 2.94. The van der Waals surface area contributed by atoms with Gasteiger partial charge in [-0.3, -0.25) is 4.90 Å². The molecular formula is C18H34N2. The van der Waals surface area contributed by atoms with Crippen LogP contribution in [-0.2, 0) is 0 Å². The summed E-state index contributed by atoms with van der Waals surface area (Å²) in [7, 11) is 0. The third-order valence-electron chi connectivity index (χ3n) is 5.62. The minimum absolute atomic E-state index is 0.547. The van der Waals surface area contributed by atoms with E-state index in [2.05, 4.69) is 31.0 Å². The summed E-state index contributed by atoms with van der Waals surface area (Å²) in [6, 6.07) is 2.49. The van der Waals surface area contributed by atoms with E-state index in [4.69, 9.17) is 0 Å². The predicted octanol–water partition coefficient (Wildman–Crippen LogP) is 3.81. The van der Waals surface area contributed by atoms with Gasteiger partial charge in [0.15, 0.2) is 0 Å². The van der Waals surface area contributed by atoms with Crippen LogP contribution in [0.2, 0.25) is 0 Å². The van der Waals surface area contributed by atoms with Gasteiger partial charge < -0.3 is 5.32 Å². The van der Waals surface area contributed by atoms with E-state index in [1.807, 2.05) is 0 Å². The van der Waals surface area contributed by atoms with Crippen LogP contribution in [0.25, 0.3) is 0 Å². The van der Waals surface area contributed by atoms with Crippen molar-refractivity contribution in [2.24, 2.45) is 11.3 Å². The van der Waals surface area contributed by atoms with Crippen LogP contribution in [0, 0.1) is 11.3 Å². The smallest absolute Gasteiger partial charge is 0.0257 e. The molecule has 1 N–H and O–H groups in total. The van der Waals surface area contributed by atoms with E-state index in [0.717, 1.165) is 24.0 Å². The van der Waals surface area contributed by atoms with Crippen LogP contribution >= 0.6 is 0 Å². The average molecular weight is 278 g/mol. The summed E-state index contributed by atoms with van der Waals surface area (Å²) in [5.41, 5.74) is 0.547. The molecule has 2 unspecified atom stereocenters. The quantitative estimate of drug-likeness (QED) is 0.762. The maximum atomic E-state index is 3.87. The maximum absolute atomic E-state index is 3.87. The Hall–Kier alpha value is -0.0800. The molecule has 116 valence electrons. The maximum Gasteiger partial charge on any atom is 0.0257 e. The molecule has 0 heterocycles. The van der Waals surface area contributed by atoms with Crippen molar-refractivity contribution >= 4 is 0 Å². The number of hydrogen-bond acceptors (Lipinski definition) is 2. The van der Waals surface area contributed by atoms with Gasteiger partial charge in [0.1, 0.15) is 0 Å². The van der Waals surface area contributed by atoms with Crippen LogP contribution in [0.3, 0.4) is 0 Å². The minimum Gasteiger partial charge on any atom is -0.312 e. The van der Waals surface area contributed by atoms with Crippen LogP contribution in [0.1, 0.15) is 72.1 Å². The third-order valence-corrected chi connectivity index (χ3v) is 5.62. The molecule has 0 aliphatic heterocycles. The average Bonchev–Trinajstić information content (AvgIpc) is 3.26. The second-order valence-corrected chi connectivity index (χ2v) is 8.41. The van der Waals surface area contributed by atoms with E-state index in [1.54, 1.807) is 0 Å². The first kappa shape index (κ1) is 14.8. The first-order valence-corrected chi connectivity index (χ1v) is 9.08. The topological polar surface area (TPSA) is 15.3 Å². The lowest BCUT2D eigenvalue weighted by Gasteiger charge is -2.47. The molecule has 0 aromatic rings. The first-order valence-electron chi connectivity index (χ1n) is 9.08. The van der Waals surface area contributed by atoms with Gasteiger partial charge in [-0.15, -0.1) is 0 Å². The van der Waals surface area contributed by atoms with Crippen LogP contribution < -0.4 is 5.32 Å². The molecule has 2 nitrogen and oxygen atoms in total. The third kappa shape index (κ3) is 3.76. The van der Waals surface area contributed by atoms with Crippen LogP contribution in [0.5, 0.6) is 0 Å². The molecule has 0 radical (unpaired) electrons. The lowest BCUT2D eigenvalue weighted by molar-refractivity contribution is 0.0559. The van der Waals surface area contributed by atoms with Gasteiger partial charge in [0.25, 0.3) is 0 Å². The first-order chi connectivity index (χ1) is 9.59. The van der Waals surface area contributed by atoms with Crippen molar-refractivity contribution in [2.45, 2.75) is 90.3 Å². The standard InChI is InChI=1S/C18H34N2/c1-4-11-19-16-9-10-18(2,3)12-17(16)20(15-7-8-15)13-14-5-6-14/h14-17,19H,4-13H2,1-3H3. The zero-order valence-corrected chi connectivity index (χ0v) is 13.8. The summed E-state index contributed by atoms with van der Waals surface area (Å²) >= 11 is 0. The van der Waals surface area contributed by atoms with E-state index in [1.165, 1.54) is 64.5 Å². The van der Waals surface area contributed by atoms with Gasteiger partial charge in [-0.05, 0) is 69.2 Å². The largest absolute Gasteiger partial charge is 0.312 e. The van der Waals surface area contributed by atoms with Gasteiger partial charge in [0.05, 0.1) is 0 Å². The van der Waals surface area contributed by atoms with Crippen LogP contribution in [0.15, 0.2) is 0 Å². The monoisotopic (exact) mass is 278 g/mol. The molecule has 3 saturated carbocycles. The van der Waals surface area contributed by atoms with Gasteiger partial charge in [-0.1, -0.05) is 20.8 Å². The SMILES string of the molecule is CCCNC1CCC(C)(C)CC1N(CC1CC1)C1CC1. The van der Waals surface area contributed by atoms with Crippen molar-refractivity contribution < 1.29 is 0 Å². The van der Waals surface area contributed by atoms with E-state index < -0.39 is 0 Å². The molecule has 0 spiro atoms.